The number of hydrogen-bond acceptors (Lipinski definition) is 6. The van der Waals surface area contributed by atoms with Gasteiger partial charge in [0.2, 0.25) is 0 Å². The minimum atomic E-state index is -0.876. The Hall–Kier alpha value is -5.04. The van der Waals surface area contributed by atoms with E-state index < -0.39 is 12.1 Å². The fraction of sp³-hybridized carbons (Fsp3) is 0.120. The van der Waals surface area contributed by atoms with E-state index >= 15 is 0 Å². The van der Waals surface area contributed by atoms with Gasteiger partial charge < -0.3 is 26.0 Å². The van der Waals surface area contributed by atoms with Crippen molar-refractivity contribution in [3.63, 3.8) is 0 Å². The molecule has 0 bridgehead atoms. The number of aromatic nitrogens is 3. The number of fused-ring (bicyclic) bond motifs is 2. The highest BCUT2D eigenvalue weighted by molar-refractivity contribution is 6.02. The molecular weight excluding hydrogens is 446 g/mol. The maximum Gasteiger partial charge on any atom is 0.320 e. The minimum absolute atomic E-state index is 0.0219. The molecule has 0 aliphatic carbocycles. The minimum Gasteiger partial charge on any atom is -0.489 e. The number of benzene rings is 2. The zero-order valence-corrected chi connectivity index (χ0v) is 18.7. The summed E-state index contributed by atoms with van der Waals surface area (Å²) in [5.41, 5.74) is 9.50. The molecule has 10 heteroatoms. The Morgan fingerprint density at radius 2 is 2.06 bits per heavy atom. The van der Waals surface area contributed by atoms with Gasteiger partial charge in [-0.2, -0.15) is 5.10 Å². The lowest BCUT2D eigenvalue weighted by Crippen LogP contribution is -2.50. The summed E-state index contributed by atoms with van der Waals surface area (Å²) in [6.07, 6.45) is 3.32. The standard InChI is InChI=1S/C25H21N7O3/c1-31-21-10-8-17(26)13-22(21)35-15-20(24(31)33)30-25(34)29-18-5-2-4-16(12-18)7-9-19-14-27-23-6-3-11-28-32(19)23/h2-6,8,10-14,20H,15,26H2,1H3,(H2,29,30,34)/t20-/m0/s1. The van der Waals surface area contributed by atoms with E-state index in [9.17, 15) is 9.59 Å². The van der Waals surface area contributed by atoms with Crippen LogP contribution in [0.5, 0.6) is 5.75 Å². The first-order valence-corrected chi connectivity index (χ1v) is 10.8. The van der Waals surface area contributed by atoms with Crippen molar-refractivity contribution in [2.75, 3.05) is 29.6 Å². The van der Waals surface area contributed by atoms with Crippen LogP contribution in [-0.4, -0.2) is 46.2 Å². The van der Waals surface area contributed by atoms with E-state index in [2.05, 4.69) is 32.6 Å². The van der Waals surface area contributed by atoms with Crippen molar-refractivity contribution in [1.29, 1.82) is 0 Å². The second-order valence-electron chi connectivity index (χ2n) is 7.85. The molecule has 2 aromatic heterocycles. The fourth-order valence-corrected chi connectivity index (χ4v) is 3.67. The Balaban J connectivity index is 1.26. The van der Waals surface area contributed by atoms with E-state index in [1.54, 1.807) is 66.4 Å². The molecule has 5 rings (SSSR count). The highest BCUT2D eigenvalue weighted by atomic mass is 16.5. The molecule has 3 heterocycles. The SMILES string of the molecule is CN1C(=O)[C@@H](NC(=O)Nc2cccc(C#Cc3cnc4cccnn34)c2)COc2cc(N)ccc21. The van der Waals surface area contributed by atoms with Crippen LogP contribution in [0, 0.1) is 11.8 Å². The summed E-state index contributed by atoms with van der Waals surface area (Å²) >= 11 is 0. The summed E-state index contributed by atoms with van der Waals surface area (Å²) in [6.45, 7) is -0.0219. The molecule has 0 saturated carbocycles. The Morgan fingerprint density at radius 3 is 2.94 bits per heavy atom. The molecule has 0 fully saturated rings. The molecule has 0 saturated heterocycles. The molecule has 35 heavy (non-hydrogen) atoms. The molecule has 4 aromatic rings. The van der Waals surface area contributed by atoms with Gasteiger partial charge in [-0.25, -0.2) is 14.3 Å². The number of imidazole rings is 1. The number of amides is 3. The van der Waals surface area contributed by atoms with E-state index in [0.29, 0.717) is 39.7 Å². The third-order valence-corrected chi connectivity index (χ3v) is 5.42. The Bertz CT molecular complexity index is 1500. The van der Waals surface area contributed by atoms with Crippen LogP contribution in [-0.2, 0) is 4.79 Å². The number of nitrogen functional groups attached to an aromatic ring is 1. The van der Waals surface area contributed by atoms with Crippen LogP contribution in [0.3, 0.4) is 0 Å². The second kappa shape index (κ2) is 9.07. The Morgan fingerprint density at radius 1 is 1.17 bits per heavy atom. The number of carbonyl (C=O) groups excluding carboxylic acids is 2. The molecular formula is C25H21N7O3. The number of nitrogens with one attached hydrogen (secondary N) is 2. The van der Waals surface area contributed by atoms with Gasteiger partial charge in [0, 0.05) is 36.2 Å². The molecule has 1 aliphatic rings. The van der Waals surface area contributed by atoms with Crippen molar-refractivity contribution in [3.8, 4) is 17.6 Å². The van der Waals surface area contributed by atoms with Crippen LogP contribution >= 0.6 is 0 Å². The lowest BCUT2D eigenvalue weighted by Gasteiger charge is -2.20. The van der Waals surface area contributed by atoms with Gasteiger partial charge in [-0.05, 0) is 48.4 Å². The lowest BCUT2D eigenvalue weighted by molar-refractivity contribution is -0.120. The molecule has 0 radical (unpaired) electrons. The fourth-order valence-electron chi connectivity index (χ4n) is 3.67. The van der Waals surface area contributed by atoms with E-state index in [1.807, 2.05) is 12.1 Å². The predicted molar refractivity (Wildman–Crippen MR) is 131 cm³/mol. The molecule has 3 amide bonds. The first-order chi connectivity index (χ1) is 17.0. The molecule has 4 N–H and O–H groups in total. The Labute approximate surface area is 200 Å². The van der Waals surface area contributed by atoms with Crippen molar-refractivity contribution in [1.82, 2.24) is 19.9 Å². The summed E-state index contributed by atoms with van der Waals surface area (Å²) in [5.74, 6) is 6.28. The van der Waals surface area contributed by atoms with Gasteiger partial charge in [0.25, 0.3) is 5.91 Å². The van der Waals surface area contributed by atoms with Gasteiger partial charge in [0.15, 0.2) is 5.65 Å². The van der Waals surface area contributed by atoms with Gasteiger partial charge in [0.1, 0.15) is 24.1 Å². The van der Waals surface area contributed by atoms with E-state index in [-0.39, 0.29) is 12.5 Å². The average Bonchev–Trinajstić information content (AvgIpc) is 3.23. The zero-order valence-electron chi connectivity index (χ0n) is 18.7. The van der Waals surface area contributed by atoms with Crippen LogP contribution in [0.1, 0.15) is 11.3 Å². The number of nitrogens with zero attached hydrogens (tertiary/aromatic N) is 4. The van der Waals surface area contributed by atoms with E-state index in [0.717, 1.165) is 0 Å². The molecule has 0 spiro atoms. The maximum absolute atomic E-state index is 12.9. The first-order valence-electron chi connectivity index (χ1n) is 10.8. The number of rotatable bonds is 2. The van der Waals surface area contributed by atoms with Crippen LogP contribution < -0.4 is 26.0 Å². The van der Waals surface area contributed by atoms with Gasteiger partial charge in [-0.15, -0.1) is 0 Å². The normalized spacial score (nSPS) is 14.8. The van der Waals surface area contributed by atoms with Crippen molar-refractivity contribution in [2.45, 2.75) is 6.04 Å². The monoisotopic (exact) mass is 467 g/mol. The molecule has 174 valence electrons. The predicted octanol–water partition coefficient (Wildman–Crippen LogP) is 2.26. The van der Waals surface area contributed by atoms with Gasteiger partial charge >= 0.3 is 6.03 Å². The number of likely N-dealkylation sites (N-methyl/N-ethyl adjacent to an activating group) is 1. The van der Waals surface area contributed by atoms with Crippen LogP contribution in [0.2, 0.25) is 0 Å². The van der Waals surface area contributed by atoms with Gasteiger partial charge in [-0.1, -0.05) is 12.0 Å². The summed E-state index contributed by atoms with van der Waals surface area (Å²) in [7, 11) is 1.63. The summed E-state index contributed by atoms with van der Waals surface area (Å²) < 4.78 is 7.39. The molecule has 10 nitrogen and oxygen atoms in total. The number of urea groups is 1. The number of hydrogen-bond donors (Lipinski definition) is 3. The molecule has 1 aliphatic heterocycles. The van der Waals surface area contributed by atoms with E-state index in [4.69, 9.17) is 10.5 Å². The van der Waals surface area contributed by atoms with Crippen LogP contribution in [0.25, 0.3) is 5.65 Å². The molecule has 2 aromatic carbocycles. The van der Waals surface area contributed by atoms with E-state index in [1.165, 1.54) is 4.90 Å². The molecule has 1 atom stereocenters. The third-order valence-electron chi connectivity index (χ3n) is 5.42. The van der Waals surface area contributed by atoms with Gasteiger partial charge in [0.05, 0.1) is 11.9 Å². The summed E-state index contributed by atoms with van der Waals surface area (Å²) in [4.78, 5) is 31.2. The molecule has 0 unspecified atom stereocenters. The summed E-state index contributed by atoms with van der Waals surface area (Å²) in [5, 5.41) is 9.66. The number of anilines is 3. The highest BCUT2D eigenvalue weighted by Crippen LogP contribution is 2.32. The third kappa shape index (κ3) is 4.56. The largest absolute Gasteiger partial charge is 0.489 e. The zero-order chi connectivity index (χ0) is 24.4. The van der Waals surface area contributed by atoms with Crippen LogP contribution in [0.15, 0.2) is 67.0 Å². The maximum atomic E-state index is 12.9. The smallest absolute Gasteiger partial charge is 0.320 e. The Kier molecular flexibility index (Phi) is 5.65. The highest BCUT2D eigenvalue weighted by Gasteiger charge is 2.30. The first kappa shape index (κ1) is 21.8. The average molecular weight is 467 g/mol. The topological polar surface area (TPSA) is 127 Å². The lowest BCUT2D eigenvalue weighted by atomic mass is 10.2. The number of carbonyl (C=O) groups is 2. The summed E-state index contributed by atoms with van der Waals surface area (Å²) in [6, 6.07) is 14.4. The number of ether oxygens (including phenoxy) is 1. The van der Waals surface area contributed by atoms with Crippen molar-refractivity contribution >= 4 is 34.6 Å². The quantitative estimate of drug-likeness (QED) is 0.307. The van der Waals surface area contributed by atoms with Gasteiger partial charge in [-0.3, -0.25) is 4.79 Å². The van der Waals surface area contributed by atoms with Crippen LogP contribution in [0.4, 0.5) is 21.9 Å². The number of nitrogens with two attached hydrogens (primary N) is 1. The van der Waals surface area contributed by atoms with Crippen molar-refractivity contribution in [2.24, 2.45) is 0 Å². The van der Waals surface area contributed by atoms with Crippen molar-refractivity contribution in [3.05, 3.63) is 78.2 Å². The van der Waals surface area contributed by atoms with Crippen molar-refractivity contribution < 1.29 is 14.3 Å². The second-order valence-corrected chi connectivity index (χ2v) is 7.85.